The highest BCUT2D eigenvalue weighted by Crippen LogP contribution is 2.74. The molecule has 0 aromatic carbocycles. The van der Waals surface area contributed by atoms with Crippen LogP contribution in [0.5, 0.6) is 0 Å². The van der Waals surface area contributed by atoms with Crippen molar-refractivity contribution >= 4 is 17.9 Å². The molecule has 1 spiro atoms. The van der Waals surface area contributed by atoms with E-state index in [2.05, 4.69) is 0 Å². The average Bonchev–Trinajstić information content (AvgIpc) is 3.24. The molecular formula is C29H36O11. The predicted molar refractivity (Wildman–Crippen MR) is 133 cm³/mol. The number of aliphatic hydroxyl groups excluding tert-OH is 1. The van der Waals surface area contributed by atoms with Gasteiger partial charge in [0.05, 0.1) is 24.4 Å². The van der Waals surface area contributed by atoms with Crippen LogP contribution in [0.4, 0.5) is 0 Å². The Labute approximate surface area is 231 Å². The summed E-state index contributed by atoms with van der Waals surface area (Å²) in [6, 6.07) is 0. The third-order valence-electron chi connectivity index (χ3n) is 11.6. The molecular weight excluding hydrogens is 524 g/mol. The number of carbonyl (C=O) groups excluding carboxylic acids is 3. The highest BCUT2D eigenvalue weighted by Gasteiger charge is 2.83. The van der Waals surface area contributed by atoms with Crippen molar-refractivity contribution in [3.8, 4) is 0 Å². The second kappa shape index (κ2) is 8.38. The lowest BCUT2D eigenvalue weighted by atomic mass is 9.40. The zero-order chi connectivity index (χ0) is 28.3. The molecule has 0 radical (unpaired) electrons. The molecule has 40 heavy (non-hydrogen) atoms. The lowest BCUT2D eigenvalue weighted by Crippen LogP contribution is -2.80. The normalized spacial score (nSPS) is 55.4. The predicted octanol–water partition coefficient (Wildman–Crippen LogP) is 0.623. The standard InChI is InChI=1S/C29H36O11/c1-25(34)8-9-27-14-36-20(31)11-15-6-10-37-28(21(32)24(33)40-22(15)28)7-4-3-5-19(30)38-17-12-18-29(35,26(17,27)2)13-16(25)23(27)39-18/h3,5,11,16-18,21-23,32,34-35H,4,6-10,12-14H2,1-2H3/b5-3+,15-11+/t16-,17-,18+,21-,22+,23?,25+,26+,27?,28?,29?/m0/s1. The van der Waals surface area contributed by atoms with E-state index in [4.69, 9.17) is 23.7 Å². The molecule has 0 aromatic rings. The first kappa shape index (κ1) is 26.6. The van der Waals surface area contributed by atoms with E-state index in [0.29, 0.717) is 37.7 Å². The van der Waals surface area contributed by atoms with E-state index in [9.17, 15) is 29.7 Å². The van der Waals surface area contributed by atoms with Crippen LogP contribution in [0.15, 0.2) is 23.8 Å². The Hall–Kier alpha value is -2.31. The quantitative estimate of drug-likeness (QED) is 0.282. The van der Waals surface area contributed by atoms with E-state index in [1.807, 2.05) is 6.92 Å². The number of ether oxygens (including phenoxy) is 5. The van der Waals surface area contributed by atoms with E-state index in [1.165, 1.54) is 12.2 Å². The van der Waals surface area contributed by atoms with Crippen LogP contribution in [0.1, 0.15) is 58.8 Å². The SMILES string of the molecule is C[C@]12[C@@H]3C[C@H]4OC5[C@H](CC41O)[C@](C)(O)CCC52COC(=O)/C=C1\CCOC2(CC/C=C/C(=O)O3)[C@@H]1OC(=O)[C@@H]2O. The Morgan fingerprint density at radius 3 is 2.60 bits per heavy atom. The first-order valence-corrected chi connectivity index (χ1v) is 14.3. The molecule has 3 aliphatic carbocycles. The summed E-state index contributed by atoms with van der Waals surface area (Å²) in [5.41, 5.74) is -5.27. The molecule has 3 N–H and O–H groups in total. The van der Waals surface area contributed by atoms with Gasteiger partial charge in [0.25, 0.3) is 0 Å². The molecule has 8 bridgehead atoms. The summed E-state index contributed by atoms with van der Waals surface area (Å²) in [6.07, 6.45) is 2.09. The molecule has 11 atom stereocenters. The van der Waals surface area contributed by atoms with Crippen molar-refractivity contribution < 1.29 is 53.4 Å². The maximum atomic E-state index is 13.3. The fourth-order valence-electron chi connectivity index (χ4n) is 9.31. The highest BCUT2D eigenvalue weighted by atomic mass is 16.6. The third kappa shape index (κ3) is 3.15. The van der Waals surface area contributed by atoms with Crippen LogP contribution in [-0.2, 0) is 38.1 Å². The van der Waals surface area contributed by atoms with Crippen LogP contribution in [0.2, 0.25) is 0 Å². The minimum Gasteiger partial charge on any atom is -0.462 e. The molecule has 0 aromatic heterocycles. The van der Waals surface area contributed by atoms with E-state index in [0.717, 1.165) is 0 Å². The van der Waals surface area contributed by atoms with Crippen molar-refractivity contribution in [2.45, 2.75) is 106 Å². The van der Waals surface area contributed by atoms with Gasteiger partial charge in [-0.25, -0.2) is 14.4 Å². The van der Waals surface area contributed by atoms with Crippen LogP contribution in [-0.4, -0.2) is 93.8 Å². The molecule has 4 unspecified atom stereocenters. The first-order valence-electron chi connectivity index (χ1n) is 14.3. The number of aliphatic hydroxyl groups is 3. The summed E-state index contributed by atoms with van der Waals surface area (Å²) < 4.78 is 29.8. The molecule has 11 heteroatoms. The fraction of sp³-hybridized carbons (Fsp3) is 0.759. The van der Waals surface area contributed by atoms with Crippen LogP contribution in [0.3, 0.4) is 0 Å². The van der Waals surface area contributed by atoms with Gasteiger partial charge in [0.15, 0.2) is 12.2 Å². The number of carbonyl (C=O) groups is 3. The maximum absolute atomic E-state index is 13.3. The van der Waals surface area contributed by atoms with Gasteiger partial charge in [-0.05, 0) is 51.0 Å². The van der Waals surface area contributed by atoms with Gasteiger partial charge in [-0.15, -0.1) is 0 Å². The Bertz CT molecular complexity index is 1220. The van der Waals surface area contributed by atoms with E-state index < -0.39 is 76.1 Å². The summed E-state index contributed by atoms with van der Waals surface area (Å²) in [6.45, 7) is 3.71. The van der Waals surface area contributed by atoms with Gasteiger partial charge in [0.2, 0.25) is 0 Å². The molecule has 218 valence electrons. The summed E-state index contributed by atoms with van der Waals surface area (Å²) in [4.78, 5) is 38.8. The molecule has 11 nitrogen and oxygen atoms in total. The fourth-order valence-corrected chi connectivity index (χ4v) is 9.31. The lowest BCUT2D eigenvalue weighted by Gasteiger charge is -2.71. The smallest absolute Gasteiger partial charge is 0.338 e. The van der Waals surface area contributed by atoms with Gasteiger partial charge in [-0.2, -0.15) is 0 Å². The topological polar surface area (TPSA) is 158 Å². The summed E-state index contributed by atoms with van der Waals surface area (Å²) >= 11 is 0. The van der Waals surface area contributed by atoms with Crippen LogP contribution in [0.25, 0.3) is 0 Å². The molecule has 8 rings (SSSR count). The number of hydrogen-bond donors (Lipinski definition) is 3. The Balaban J connectivity index is 1.30. The molecule has 4 saturated heterocycles. The van der Waals surface area contributed by atoms with E-state index in [1.54, 1.807) is 13.0 Å². The van der Waals surface area contributed by atoms with Crippen molar-refractivity contribution in [1.82, 2.24) is 0 Å². The van der Waals surface area contributed by atoms with Crippen LogP contribution >= 0.6 is 0 Å². The van der Waals surface area contributed by atoms with Crippen molar-refractivity contribution in [3.05, 3.63) is 23.8 Å². The molecule has 3 saturated carbocycles. The number of cyclic esters (lactones) is 1. The van der Waals surface area contributed by atoms with Crippen molar-refractivity contribution in [2.24, 2.45) is 16.7 Å². The average molecular weight is 561 g/mol. The van der Waals surface area contributed by atoms with E-state index >= 15 is 0 Å². The van der Waals surface area contributed by atoms with Gasteiger partial charge in [0, 0.05) is 35.3 Å². The zero-order valence-electron chi connectivity index (χ0n) is 22.7. The van der Waals surface area contributed by atoms with E-state index in [-0.39, 0.29) is 32.0 Å². The number of allylic oxidation sites excluding steroid dienone is 1. The largest absolute Gasteiger partial charge is 0.462 e. The summed E-state index contributed by atoms with van der Waals surface area (Å²) in [5.74, 6) is -2.46. The molecule has 5 heterocycles. The molecule has 8 aliphatic rings. The number of rotatable bonds is 0. The molecule has 5 aliphatic heterocycles. The highest BCUT2D eigenvalue weighted by molar-refractivity contribution is 5.85. The van der Waals surface area contributed by atoms with Crippen LogP contribution < -0.4 is 0 Å². The van der Waals surface area contributed by atoms with Gasteiger partial charge < -0.3 is 39.0 Å². The van der Waals surface area contributed by atoms with Gasteiger partial charge in [-0.1, -0.05) is 13.0 Å². The lowest BCUT2D eigenvalue weighted by molar-refractivity contribution is -0.377. The first-order chi connectivity index (χ1) is 18.9. The second-order valence-electron chi connectivity index (χ2n) is 13.2. The Kier molecular flexibility index (Phi) is 5.57. The van der Waals surface area contributed by atoms with Crippen molar-refractivity contribution in [3.63, 3.8) is 0 Å². The monoisotopic (exact) mass is 560 g/mol. The Morgan fingerprint density at radius 2 is 1.80 bits per heavy atom. The molecule has 7 fully saturated rings. The van der Waals surface area contributed by atoms with Gasteiger partial charge in [0.1, 0.15) is 23.9 Å². The Morgan fingerprint density at radius 1 is 1.00 bits per heavy atom. The maximum Gasteiger partial charge on any atom is 0.338 e. The van der Waals surface area contributed by atoms with Gasteiger partial charge in [-0.3, -0.25) is 0 Å². The third-order valence-corrected chi connectivity index (χ3v) is 11.6. The summed E-state index contributed by atoms with van der Waals surface area (Å²) in [7, 11) is 0. The van der Waals surface area contributed by atoms with Crippen LogP contribution in [0, 0.1) is 16.7 Å². The van der Waals surface area contributed by atoms with Crippen molar-refractivity contribution in [2.75, 3.05) is 13.2 Å². The molecule has 0 amide bonds. The van der Waals surface area contributed by atoms with Gasteiger partial charge >= 0.3 is 17.9 Å². The zero-order valence-corrected chi connectivity index (χ0v) is 22.7. The minimum absolute atomic E-state index is 0.114. The van der Waals surface area contributed by atoms with Crippen molar-refractivity contribution in [1.29, 1.82) is 0 Å². The number of hydrogen-bond acceptors (Lipinski definition) is 11. The summed E-state index contributed by atoms with van der Waals surface area (Å²) in [5, 5.41) is 34.2. The minimum atomic E-state index is -1.54. The number of esters is 3. The second-order valence-corrected chi connectivity index (χ2v) is 13.2.